The average Bonchev–Trinajstić information content (AvgIpc) is 2.32. The van der Waals surface area contributed by atoms with Crippen molar-refractivity contribution in [1.82, 2.24) is 0 Å². The Bertz CT molecular complexity index is 450. The van der Waals surface area contributed by atoms with Crippen molar-refractivity contribution in [2.75, 3.05) is 17.6 Å². The SMILES string of the molecule is CCC1(CNc2ccc(N)c(CC#N)c2)CCC1. The molecule has 0 saturated heterocycles. The molecule has 0 aliphatic heterocycles. The van der Waals surface area contributed by atoms with Gasteiger partial charge in [0, 0.05) is 17.9 Å². The predicted octanol–water partition coefficient (Wildman–Crippen LogP) is 3.33. The quantitative estimate of drug-likeness (QED) is 0.780. The van der Waals surface area contributed by atoms with Crippen LogP contribution in [0, 0.1) is 16.7 Å². The molecule has 3 nitrogen and oxygen atoms in total. The summed E-state index contributed by atoms with van der Waals surface area (Å²) in [6.45, 7) is 3.30. The molecular weight excluding hydrogens is 222 g/mol. The van der Waals surface area contributed by atoms with E-state index in [0.717, 1.165) is 17.8 Å². The van der Waals surface area contributed by atoms with E-state index in [9.17, 15) is 0 Å². The highest BCUT2D eigenvalue weighted by Crippen LogP contribution is 2.43. The number of benzene rings is 1. The second-order valence-electron chi connectivity index (χ2n) is 5.31. The summed E-state index contributed by atoms with van der Waals surface area (Å²) < 4.78 is 0. The second-order valence-corrected chi connectivity index (χ2v) is 5.31. The molecule has 0 amide bonds. The highest BCUT2D eigenvalue weighted by Gasteiger charge is 2.34. The van der Waals surface area contributed by atoms with Crippen LogP contribution in [-0.4, -0.2) is 6.54 Å². The van der Waals surface area contributed by atoms with Gasteiger partial charge in [0.25, 0.3) is 0 Å². The number of hydrogen-bond donors (Lipinski definition) is 2. The number of nitrogens with one attached hydrogen (secondary N) is 1. The van der Waals surface area contributed by atoms with Crippen LogP contribution in [0.2, 0.25) is 0 Å². The molecule has 96 valence electrons. The Labute approximate surface area is 109 Å². The van der Waals surface area contributed by atoms with Gasteiger partial charge in [0.2, 0.25) is 0 Å². The van der Waals surface area contributed by atoms with Crippen molar-refractivity contribution in [2.24, 2.45) is 5.41 Å². The van der Waals surface area contributed by atoms with E-state index >= 15 is 0 Å². The molecule has 1 aliphatic carbocycles. The maximum absolute atomic E-state index is 8.75. The predicted molar refractivity (Wildman–Crippen MR) is 75.2 cm³/mol. The topological polar surface area (TPSA) is 61.8 Å². The number of nitrogen functional groups attached to an aromatic ring is 1. The van der Waals surface area contributed by atoms with Crippen molar-refractivity contribution in [3.8, 4) is 6.07 Å². The molecule has 0 bridgehead atoms. The van der Waals surface area contributed by atoms with Crippen LogP contribution in [0.4, 0.5) is 11.4 Å². The minimum absolute atomic E-state index is 0.375. The number of nitrogens with zero attached hydrogens (tertiary/aromatic N) is 1. The number of rotatable bonds is 5. The van der Waals surface area contributed by atoms with Crippen LogP contribution in [0.1, 0.15) is 38.2 Å². The third-order valence-corrected chi connectivity index (χ3v) is 4.24. The summed E-state index contributed by atoms with van der Waals surface area (Å²) >= 11 is 0. The largest absolute Gasteiger partial charge is 0.398 e. The van der Waals surface area contributed by atoms with Crippen molar-refractivity contribution in [3.63, 3.8) is 0 Å². The Morgan fingerprint density at radius 2 is 2.22 bits per heavy atom. The van der Waals surface area contributed by atoms with Crippen molar-refractivity contribution in [2.45, 2.75) is 39.0 Å². The first-order valence-electron chi connectivity index (χ1n) is 6.68. The Kier molecular flexibility index (Phi) is 3.76. The van der Waals surface area contributed by atoms with Gasteiger partial charge < -0.3 is 11.1 Å². The van der Waals surface area contributed by atoms with Gasteiger partial charge in [-0.05, 0) is 48.4 Å². The molecule has 0 aromatic heterocycles. The molecule has 0 radical (unpaired) electrons. The Morgan fingerprint density at radius 1 is 1.44 bits per heavy atom. The van der Waals surface area contributed by atoms with Crippen molar-refractivity contribution < 1.29 is 0 Å². The number of hydrogen-bond acceptors (Lipinski definition) is 3. The lowest BCUT2D eigenvalue weighted by molar-refractivity contribution is 0.145. The second kappa shape index (κ2) is 5.30. The maximum Gasteiger partial charge on any atom is 0.0670 e. The molecule has 0 heterocycles. The van der Waals surface area contributed by atoms with E-state index in [4.69, 9.17) is 11.0 Å². The molecule has 1 aromatic rings. The minimum Gasteiger partial charge on any atom is -0.398 e. The Hall–Kier alpha value is -1.69. The Balaban J connectivity index is 2.01. The van der Waals surface area contributed by atoms with Crippen LogP contribution in [0.25, 0.3) is 0 Å². The lowest BCUT2D eigenvalue weighted by Gasteiger charge is -2.41. The third kappa shape index (κ3) is 2.59. The lowest BCUT2D eigenvalue weighted by atomic mass is 9.67. The summed E-state index contributed by atoms with van der Waals surface area (Å²) in [6, 6.07) is 8.03. The van der Waals surface area contributed by atoms with Gasteiger partial charge >= 0.3 is 0 Å². The molecule has 1 fully saturated rings. The van der Waals surface area contributed by atoms with Gasteiger partial charge in [0.05, 0.1) is 12.5 Å². The molecular formula is C15H21N3. The van der Waals surface area contributed by atoms with Crippen LogP contribution in [0.15, 0.2) is 18.2 Å². The fourth-order valence-corrected chi connectivity index (χ4v) is 2.58. The molecule has 18 heavy (non-hydrogen) atoms. The van der Waals surface area contributed by atoms with E-state index in [1.807, 2.05) is 18.2 Å². The molecule has 2 rings (SSSR count). The first kappa shape index (κ1) is 12.8. The number of anilines is 2. The smallest absolute Gasteiger partial charge is 0.0670 e. The highest BCUT2D eigenvalue weighted by molar-refractivity contribution is 5.58. The standard InChI is InChI=1S/C15H21N3/c1-2-15(7-3-8-15)11-18-13-4-5-14(17)12(10-13)6-9-16/h4-5,10,18H,2-3,6-8,11,17H2,1H3. The van der Waals surface area contributed by atoms with Crippen LogP contribution in [0.5, 0.6) is 0 Å². The van der Waals surface area contributed by atoms with Gasteiger partial charge in [0.15, 0.2) is 0 Å². The van der Waals surface area contributed by atoms with E-state index in [-0.39, 0.29) is 0 Å². The molecule has 3 heteroatoms. The molecule has 3 N–H and O–H groups in total. The molecule has 0 unspecified atom stereocenters. The molecule has 0 spiro atoms. The highest BCUT2D eigenvalue weighted by atomic mass is 14.9. The van der Waals surface area contributed by atoms with Crippen LogP contribution < -0.4 is 11.1 Å². The van der Waals surface area contributed by atoms with E-state index in [2.05, 4.69) is 18.3 Å². The fourth-order valence-electron chi connectivity index (χ4n) is 2.58. The van der Waals surface area contributed by atoms with E-state index < -0.39 is 0 Å². The summed E-state index contributed by atoms with van der Waals surface area (Å²) in [5.41, 5.74) is 9.04. The molecule has 0 atom stereocenters. The van der Waals surface area contributed by atoms with Gasteiger partial charge in [0.1, 0.15) is 0 Å². The third-order valence-electron chi connectivity index (χ3n) is 4.24. The summed E-state index contributed by atoms with van der Waals surface area (Å²) in [4.78, 5) is 0. The summed E-state index contributed by atoms with van der Waals surface area (Å²) in [7, 11) is 0. The Morgan fingerprint density at radius 3 is 2.78 bits per heavy atom. The van der Waals surface area contributed by atoms with Gasteiger partial charge in [-0.2, -0.15) is 5.26 Å². The van der Waals surface area contributed by atoms with E-state index in [1.165, 1.54) is 25.7 Å². The fraction of sp³-hybridized carbons (Fsp3) is 0.533. The van der Waals surface area contributed by atoms with Gasteiger partial charge in [-0.25, -0.2) is 0 Å². The van der Waals surface area contributed by atoms with Crippen LogP contribution >= 0.6 is 0 Å². The number of nitriles is 1. The van der Waals surface area contributed by atoms with Crippen molar-refractivity contribution in [1.29, 1.82) is 5.26 Å². The minimum atomic E-state index is 0.375. The zero-order valence-electron chi connectivity index (χ0n) is 11.0. The van der Waals surface area contributed by atoms with Crippen molar-refractivity contribution >= 4 is 11.4 Å². The van der Waals surface area contributed by atoms with E-state index in [1.54, 1.807) is 0 Å². The zero-order chi connectivity index (χ0) is 13.0. The zero-order valence-corrected chi connectivity index (χ0v) is 11.0. The summed E-state index contributed by atoms with van der Waals surface area (Å²) in [5, 5.41) is 12.3. The normalized spacial score (nSPS) is 16.7. The molecule has 1 aliphatic rings. The van der Waals surface area contributed by atoms with Crippen LogP contribution in [0.3, 0.4) is 0 Å². The average molecular weight is 243 g/mol. The molecule has 1 saturated carbocycles. The number of nitrogens with two attached hydrogens (primary N) is 1. The summed E-state index contributed by atoms with van der Waals surface area (Å²) in [6.07, 6.45) is 5.63. The lowest BCUT2D eigenvalue weighted by Crippen LogP contribution is -2.35. The van der Waals surface area contributed by atoms with Gasteiger partial charge in [-0.1, -0.05) is 13.3 Å². The van der Waals surface area contributed by atoms with Gasteiger partial charge in [-0.3, -0.25) is 0 Å². The van der Waals surface area contributed by atoms with Crippen molar-refractivity contribution in [3.05, 3.63) is 23.8 Å². The van der Waals surface area contributed by atoms with E-state index in [0.29, 0.717) is 17.5 Å². The monoisotopic (exact) mass is 243 g/mol. The maximum atomic E-state index is 8.75. The first-order chi connectivity index (χ1) is 8.69. The van der Waals surface area contributed by atoms with Crippen LogP contribution in [-0.2, 0) is 6.42 Å². The summed E-state index contributed by atoms with van der Waals surface area (Å²) in [5.74, 6) is 0. The first-order valence-corrected chi connectivity index (χ1v) is 6.68. The molecule has 1 aromatic carbocycles. The van der Waals surface area contributed by atoms with Gasteiger partial charge in [-0.15, -0.1) is 0 Å².